The number of amides is 2. The molecule has 4 aliphatic rings. The molecule has 1 saturated carbocycles. The fourth-order valence-corrected chi connectivity index (χ4v) is 4.50. The normalized spacial score (nSPS) is 31.0. The first-order chi connectivity index (χ1) is 11.6. The van der Waals surface area contributed by atoms with Crippen LogP contribution in [0.5, 0.6) is 0 Å². The summed E-state index contributed by atoms with van der Waals surface area (Å²) in [4.78, 5) is 32.0. The molecule has 4 fully saturated rings. The van der Waals surface area contributed by atoms with E-state index in [0.717, 1.165) is 51.2 Å². The average molecular weight is 335 g/mol. The summed E-state index contributed by atoms with van der Waals surface area (Å²) in [6.07, 6.45) is 5.63. The van der Waals surface area contributed by atoms with Crippen LogP contribution in [0.1, 0.15) is 38.5 Å². The van der Waals surface area contributed by atoms with Gasteiger partial charge < -0.3 is 14.5 Å². The first-order valence-corrected chi connectivity index (χ1v) is 9.51. The highest BCUT2D eigenvalue weighted by molar-refractivity contribution is 5.88. The van der Waals surface area contributed by atoms with E-state index in [9.17, 15) is 9.59 Å². The largest absolute Gasteiger partial charge is 0.368 e. The summed E-state index contributed by atoms with van der Waals surface area (Å²) < 4.78 is 5.54. The number of carbonyl (C=O) groups excluding carboxylic acids is 2. The lowest BCUT2D eigenvalue weighted by Gasteiger charge is -2.51. The summed E-state index contributed by atoms with van der Waals surface area (Å²) in [6, 6.07) is 0. The Morgan fingerprint density at radius 2 is 1.92 bits per heavy atom. The maximum Gasteiger partial charge on any atom is 0.251 e. The van der Waals surface area contributed by atoms with Crippen LogP contribution < -0.4 is 0 Å². The molecule has 0 bridgehead atoms. The molecule has 0 radical (unpaired) electrons. The van der Waals surface area contributed by atoms with Gasteiger partial charge in [-0.15, -0.1) is 0 Å². The number of hydrogen-bond acceptors (Lipinski definition) is 4. The van der Waals surface area contributed by atoms with Gasteiger partial charge in [-0.25, -0.2) is 0 Å². The van der Waals surface area contributed by atoms with Crippen LogP contribution in [0, 0.1) is 5.92 Å². The van der Waals surface area contributed by atoms with Crippen molar-refractivity contribution in [1.29, 1.82) is 0 Å². The third-order valence-corrected chi connectivity index (χ3v) is 6.40. The van der Waals surface area contributed by atoms with Crippen molar-refractivity contribution in [3.05, 3.63) is 0 Å². The van der Waals surface area contributed by atoms with Crippen LogP contribution in [0.4, 0.5) is 0 Å². The minimum absolute atomic E-state index is 0.128. The molecule has 134 valence electrons. The Hall–Kier alpha value is -1.14. The van der Waals surface area contributed by atoms with Crippen molar-refractivity contribution in [2.24, 2.45) is 5.92 Å². The number of hydrogen-bond donors (Lipinski definition) is 0. The molecule has 0 unspecified atom stereocenters. The van der Waals surface area contributed by atoms with Crippen LogP contribution >= 0.6 is 0 Å². The monoisotopic (exact) mass is 335 g/mol. The summed E-state index contributed by atoms with van der Waals surface area (Å²) in [5.74, 6) is 1.16. The smallest absolute Gasteiger partial charge is 0.251 e. The SMILES string of the molecule is CN1CCN(CC2CC2)C(=O)C12CCN(C(=O)[C@H]1CCCO1)CC2. The van der Waals surface area contributed by atoms with Crippen LogP contribution in [0.15, 0.2) is 0 Å². The summed E-state index contributed by atoms with van der Waals surface area (Å²) in [5.41, 5.74) is -0.388. The first kappa shape index (κ1) is 16.3. The van der Waals surface area contributed by atoms with Crippen molar-refractivity contribution in [1.82, 2.24) is 14.7 Å². The summed E-state index contributed by atoms with van der Waals surface area (Å²) in [6.45, 7) is 4.78. The molecule has 24 heavy (non-hydrogen) atoms. The van der Waals surface area contributed by atoms with Gasteiger partial charge in [-0.1, -0.05) is 0 Å². The second-order valence-corrected chi connectivity index (χ2v) is 7.97. The zero-order valence-electron chi connectivity index (χ0n) is 14.7. The number of piperidine rings is 1. The standard InChI is InChI=1S/C18H29N3O3/c1-19-10-11-21(13-14-4-5-14)17(23)18(19)6-8-20(9-7-18)16(22)15-3-2-12-24-15/h14-15H,2-13H2,1H3/t15-/m1/s1. The number of carbonyl (C=O) groups is 2. The van der Waals surface area contributed by atoms with Crippen LogP contribution in [0.25, 0.3) is 0 Å². The molecule has 2 amide bonds. The van der Waals surface area contributed by atoms with E-state index in [1.165, 1.54) is 12.8 Å². The maximum absolute atomic E-state index is 13.2. The van der Waals surface area contributed by atoms with Gasteiger partial charge >= 0.3 is 0 Å². The molecule has 0 aromatic carbocycles. The lowest BCUT2D eigenvalue weighted by Crippen LogP contribution is -2.68. The number of piperazine rings is 1. The Morgan fingerprint density at radius 3 is 2.54 bits per heavy atom. The predicted octanol–water partition coefficient (Wildman–Crippen LogP) is 0.711. The molecular formula is C18H29N3O3. The highest BCUT2D eigenvalue weighted by Crippen LogP contribution is 2.36. The lowest BCUT2D eigenvalue weighted by molar-refractivity contribution is -0.158. The van der Waals surface area contributed by atoms with Gasteiger partial charge in [0.1, 0.15) is 11.6 Å². The molecule has 6 heteroatoms. The van der Waals surface area contributed by atoms with Gasteiger partial charge in [0.2, 0.25) is 5.91 Å². The van der Waals surface area contributed by atoms with Crippen molar-refractivity contribution in [2.75, 3.05) is 46.4 Å². The summed E-state index contributed by atoms with van der Waals surface area (Å²) >= 11 is 0. The van der Waals surface area contributed by atoms with Crippen molar-refractivity contribution >= 4 is 11.8 Å². The molecule has 0 aromatic rings. The second-order valence-electron chi connectivity index (χ2n) is 7.97. The van der Waals surface area contributed by atoms with Crippen LogP contribution in [0.3, 0.4) is 0 Å². The van der Waals surface area contributed by atoms with E-state index >= 15 is 0 Å². The summed E-state index contributed by atoms with van der Waals surface area (Å²) in [7, 11) is 2.07. The molecule has 3 heterocycles. The van der Waals surface area contributed by atoms with E-state index in [1.807, 2.05) is 4.90 Å². The Bertz CT molecular complexity index is 506. The molecule has 3 saturated heterocycles. The molecule has 0 N–H and O–H groups in total. The van der Waals surface area contributed by atoms with Gasteiger partial charge in [0, 0.05) is 39.3 Å². The maximum atomic E-state index is 13.2. The third kappa shape index (κ3) is 2.84. The molecule has 0 aromatic heterocycles. The minimum Gasteiger partial charge on any atom is -0.368 e. The third-order valence-electron chi connectivity index (χ3n) is 6.40. The Balaban J connectivity index is 1.41. The zero-order valence-corrected chi connectivity index (χ0v) is 14.7. The van der Waals surface area contributed by atoms with Crippen LogP contribution in [-0.4, -0.2) is 84.5 Å². The number of nitrogens with zero attached hydrogens (tertiary/aromatic N) is 3. The molecule has 1 aliphatic carbocycles. The van der Waals surface area contributed by atoms with E-state index in [-0.39, 0.29) is 17.6 Å². The Morgan fingerprint density at radius 1 is 1.17 bits per heavy atom. The Kier molecular flexibility index (Phi) is 4.29. The number of ether oxygens (including phenoxy) is 1. The van der Waals surface area contributed by atoms with Crippen molar-refractivity contribution in [2.45, 2.75) is 50.2 Å². The summed E-state index contributed by atoms with van der Waals surface area (Å²) in [5, 5.41) is 0. The van der Waals surface area contributed by atoms with Gasteiger partial charge in [-0.2, -0.15) is 0 Å². The van der Waals surface area contributed by atoms with E-state index < -0.39 is 0 Å². The average Bonchev–Trinajstić information content (AvgIpc) is 3.25. The molecule has 4 rings (SSSR count). The predicted molar refractivity (Wildman–Crippen MR) is 89.5 cm³/mol. The second kappa shape index (κ2) is 6.30. The molecule has 3 aliphatic heterocycles. The minimum atomic E-state index is -0.388. The van der Waals surface area contributed by atoms with Gasteiger partial charge in [-0.05, 0) is 51.5 Å². The zero-order chi connectivity index (χ0) is 16.7. The number of likely N-dealkylation sites (tertiary alicyclic amines) is 1. The van der Waals surface area contributed by atoms with Crippen LogP contribution in [-0.2, 0) is 14.3 Å². The first-order valence-electron chi connectivity index (χ1n) is 9.51. The van der Waals surface area contributed by atoms with E-state index in [0.29, 0.717) is 25.6 Å². The van der Waals surface area contributed by atoms with Crippen molar-refractivity contribution in [3.8, 4) is 0 Å². The van der Waals surface area contributed by atoms with Gasteiger partial charge in [0.15, 0.2) is 0 Å². The van der Waals surface area contributed by atoms with E-state index in [1.54, 1.807) is 0 Å². The molecule has 6 nitrogen and oxygen atoms in total. The lowest BCUT2D eigenvalue weighted by atomic mass is 9.82. The van der Waals surface area contributed by atoms with Gasteiger partial charge in [0.05, 0.1) is 0 Å². The fraction of sp³-hybridized carbons (Fsp3) is 0.889. The van der Waals surface area contributed by atoms with E-state index in [2.05, 4.69) is 16.8 Å². The topological polar surface area (TPSA) is 53.1 Å². The molecular weight excluding hydrogens is 306 g/mol. The quantitative estimate of drug-likeness (QED) is 0.762. The highest BCUT2D eigenvalue weighted by atomic mass is 16.5. The Labute approximate surface area is 144 Å². The van der Waals surface area contributed by atoms with E-state index in [4.69, 9.17) is 4.74 Å². The highest BCUT2D eigenvalue weighted by Gasteiger charge is 2.50. The molecule has 1 spiro atoms. The fourth-order valence-electron chi connectivity index (χ4n) is 4.50. The van der Waals surface area contributed by atoms with Gasteiger partial charge in [-0.3, -0.25) is 14.5 Å². The number of likely N-dealkylation sites (N-methyl/N-ethyl adjacent to an activating group) is 1. The molecule has 1 atom stereocenters. The van der Waals surface area contributed by atoms with Crippen molar-refractivity contribution < 1.29 is 14.3 Å². The van der Waals surface area contributed by atoms with Crippen molar-refractivity contribution in [3.63, 3.8) is 0 Å². The van der Waals surface area contributed by atoms with Crippen LogP contribution in [0.2, 0.25) is 0 Å². The van der Waals surface area contributed by atoms with Gasteiger partial charge in [0.25, 0.3) is 5.91 Å². The number of rotatable bonds is 3.